The van der Waals surface area contributed by atoms with Gasteiger partial charge < -0.3 is 15.0 Å². The smallest absolute Gasteiger partial charge is 0.378 e. The molecule has 0 spiro atoms. The van der Waals surface area contributed by atoms with Crippen LogP contribution in [0, 0.1) is 0 Å². The summed E-state index contributed by atoms with van der Waals surface area (Å²) in [6, 6.07) is 3.20. The number of halogens is 6. The fourth-order valence-electron chi connectivity index (χ4n) is 1.68. The third-order valence-corrected chi connectivity index (χ3v) is 2.95. The molecule has 0 saturated carbocycles. The van der Waals surface area contributed by atoms with Crippen LogP contribution in [0.2, 0.25) is 0 Å². The maximum absolute atomic E-state index is 13.1. The molecule has 24 heavy (non-hydrogen) atoms. The molecule has 0 fully saturated rings. The molecule has 0 aliphatic heterocycles. The van der Waals surface area contributed by atoms with Gasteiger partial charge in [0.2, 0.25) is 0 Å². The number of nitrogens with zero attached hydrogens (tertiary/aromatic N) is 1. The van der Waals surface area contributed by atoms with Crippen LogP contribution in [0.5, 0.6) is 0 Å². The molecule has 0 saturated heterocycles. The molecule has 0 heterocycles. The molecule has 0 aliphatic rings. The highest BCUT2D eigenvalue weighted by atomic mass is 19.4. The highest BCUT2D eigenvalue weighted by Gasteiger charge is 2.35. The van der Waals surface area contributed by atoms with Crippen molar-refractivity contribution in [3.63, 3.8) is 0 Å². The monoisotopic (exact) mass is 358 g/mol. The van der Waals surface area contributed by atoms with E-state index in [1.165, 1.54) is 11.0 Å². The number of carbonyl (C=O) groups excluding carboxylic acids is 1. The molecule has 0 aliphatic carbocycles. The summed E-state index contributed by atoms with van der Waals surface area (Å²) in [6.45, 7) is -0.657. The van der Waals surface area contributed by atoms with Crippen LogP contribution < -0.4 is 10.2 Å². The molecule has 136 valence electrons. The number of rotatable bonds is 5. The average molecular weight is 358 g/mol. The normalized spacial score (nSPS) is 13.5. The lowest BCUT2D eigenvalue weighted by molar-refractivity contribution is -0.184. The Bertz CT molecular complexity index is 584. The highest BCUT2D eigenvalue weighted by molar-refractivity contribution is 5.95. The Balaban J connectivity index is 2.95. The fraction of sp³-hybridized carbons (Fsp3) is 0.500. The van der Waals surface area contributed by atoms with E-state index in [2.05, 4.69) is 4.74 Å². The van der Waals surface area contributed by atoms with Crippen molar-refractivity contribution in [3.8, 4) is 0 Å². The Kier molecular flexibility index (Phi) is 6.09. The number of carbonyl (C=O) groups is 1. The number of nitrogens with one attached hydrogen (secondary N) is 1. The summed E-state index contributed by atoms with van der Waals surface area (Å²) in [5.41, 5.74) is -1.41. The van der Waals surface area contributed by atoms with Crippen LogP contribution in [0.4, 0.5) is 37.7 Å². The number of amides is 1. The van der Waals surface area contributed by atoms with Gasteiger partial charge in [0.15, 0.2) is 0 Å². The van der Waals surface area contributed by atoms with Gasteiger partial charge >= 0.3 is 12.4 Å². The van der Waals surface area contributed by atoms with E-state index in [0.717, 1.165) is 19.1 Å². The van der Waals surface area contributed by atoms with Crippen LogP contribution in [-0.2, 0) is 15.7 Å². The van der Waals surface area contributed by atoms with E-state index in [9.17, 15) is 31.1 Å². The first-order valence-corrected chi connectivity index (χ1v) is 6.69. The number of anilines is 2. The lowest BCUT2D eigenvalue weighted by atomic mass is 10.1. The molecule has 1 N–H and O–H groups in total. The first-order valence-electron chi connectivity index (χ1n) is 6.69. The summed E-state index contributed by atoms with van der Waals surface area (Å²) in [5.74, 6) is -1.11. The standard InChI is InChI=1S/C14H16F6N2O2/c1-8(24-7-13(15,16)17)12(23)21-11-5-4-9(22(2)3)6-10(11)14(18,19)20/h4-6,8H,7H2,1-3H3,(H,21,23). The van der Waals surface area contributed by atoms with E-state index in [4.69, 9.17) is 0 Å². The van der Waals surface area contributed by atoms with Crippen LogP contribution in [0.25, 0.3) is 0 Å². The summed E-state index contributed by atoms with van der Waals surface area (Å²) in [4.78, 5) is 13.2. The van der Waals surface area contributed by atoms with E-state index in [0.29, 0.717) is 0 Å². The van der Waals surface area contributed by atoms with Crippen molar-refractivity contribution in [1.29, 1.82) is 0 Å². The van der Waals surface area contributed by atoms with E-state index >= 15 is 0 Å². The number of benzene rings is 1. The third kappa shape index (κ3) is 5.91. The van der Waals surface area contributed by atoms with Gasteiger partial charge in [-0.05, 0) is 25.1 Å². The van der Waals surface area contributed by atoms with Crippen molar-refractivity contribution in [2.24, 2.45) is 0 Å². The van der Waals surface area contributed by atoms with Crippen LogP contribution in [-0.4, -0.2) is 38.9 Å². The molecular formula is C14H16F6N2O2. The minimum Gasteiger partial charge on any atom is -0.378 e. The second-order valence-electron chi connectivity index (χ2n) is 5.18. The number of alkyl halides is 6. The first-order chi connectivity index (χ1) is 10.8. The summed E-state index contributed by atoms with van der Waals surface area (Å²) < 4.78 is 79.7. The summed E-state index contributed by atoms with van der Waals surface area (Å²) >= 11 is 0. The van der Waals surface area contributed by atoms with Gasteiger partial charge in [-0.25, -0.2) is 0 Å². The van der Waals surface area contributed by atoms with Crippen LogP contribution >= 0.6 is 0 Å². The molecule has 4 nitrogen and oxygen atoms in total. The molecule has 1 aromatic carbocycles. The highest BCUT2D eigenvalue weighted by Crippen LogP contribution is 2.37. The second-order valence-corrected chi connectivity index (χ2v) is 5.18. The van der Waals surface area contributed by atoms with E-state index in [1.807, 2.05) is 5.32 Å². The Morgan fingerprint density at radius 3 is 2.25 bits per heavy atom. The molecule has 0 bridgehead atoms. The summed E-state index contributed by atoms with van der Waals surface area (Å²) in [5, 5.41) is 1.95. The van der Waals surface area contributed by atoms with Gasteiger partial charge in [0.25, 0.3) is 5.91 Å². The Hall–Kier alpha value is -1.97. The SMILES string of the molecule is CC(OCC(F)(F)F)C(=O)Nc1ccc(N(C)C)cc1C(F)(F)F. The number of ether oxygens (including phenoxy) is 1. The lowest BCUT2D eigenvalue weighted by Crippen LogP contribution is -2.32. The minimum atomic E-state index is -4.75. The zero-order chi connectivity index (χ0) is 18.7. The van der Waals surface area contributed by atoms with Crippen LogP contribution in [0.1, 0.15) is 12.5 Å². The van der Waals surface area contributed by atoms with E-state index in [-0.39, 0.29) is 5.69 Å². The topological polar surface area (TPSA) is 41.6 Å². The molecule has 1 atom stereocenters. The predicted molar refractivity (Wildman–Crippen MR) is 75.9 cm³/mol. The third-order valence-electron chi connectivity index (χ3n) is 2.95. The largest absolute Gasteiger partial charge is 0.418 e. The maximum Gasteiger partial charge on any atom is 0.418 e. The molecule has 10 heteroatoms. The average Bonchev–Trinajstić information content (AvgIpc) is 2.42. The summed E-state index contributed by atoms with van der Waals surface area (Å²) in [6.07, 6.45) is -11.0. The van der Waals surface area contributed by atoms with Crippen molar-refractivity contribution < 1.29 is 35.9 Å². The molecule has 1 aromatic rings. The van der Waals surface area contributed by atoms with E-state index < -0.39 is 42.2 Å². The van der Waals surface area contributed by atoms with Crippen LogP contribution in [0.15, 0.2) is 18.2 Å². The molecule has 1 unspecified atom stereocenters. The minimum absolute atomic E-state index is 0.252. The zero-order valence-electron chi connectivity index (χ0n) is 13.0. The predicted octanol–water partition coefficient (Wildman–Crippen LogP) is 3.68. The molecule has 0 aromatic heterocycles. The van der Waals surface area contributed by atoms with Gasteiger partial charge in [-0.1, -0.05) is 0 Å². The second kappa shape index (κ2) is 7.29. The molecular weight excluding hydrogens is 342 g/mol. The van der Waals surface area contributed by atoms with Crippen molar-refractivity contribution >= 4 is 17.3 Å². The van der Waals surface area contributed by atoms with Gasteiger partial charge in [0, 0.05) is 19.8 Å². The zero-order valence-corrected chi connectivity index (χ0v) is 13.0. The van der Waals surface area contributed by atoms with Gasteiger partial charge in [-0.3, -0.25) is 4.79 Å². The van der Waals surface area contributed by atoms with Crippen molar-refractivity contribution in [2.45, 2.75) is 25.4 Å². The quantitative estimate of drug-likeness (QED) is 0.817. The van der Waals surface area contributed by atoms with Gasteiger partial charge in [0.05, 0.1) is 11.3 Å². The fourth-order valence-corrected chi connectivity index (χ4v) is 1.68. The number of hydrogen-bond acceptors (Lipinski definition) is 3. The van der Waals surface area contributed by atoms with E-state index in [1.54, 1.807) is 14.1 Å². The Morgan fingerprint density at radius 1 is 1.21 bits per heavy atom. The summed E-state index contributed by atoms with van der Waals surface area (Å²) in [7, 11) is 3.08. The van der Waals surface area contributed by atoms with Crippen molar-refractivity contribution in [3.05, 3.63) is 23.8 Å². The van der Waals surface area contributed by atoms with Gasteiger partial charge in [-0.2, -0.15) is 26.3 Å². The Labute approximate surface area is 134 Å². The number of hydrogen-bond donors (Lipinski definition) is 1. The van der Waals surface area contributed by atoms with Gasteiger partial charge in [-0.15, -0.1) is 0 Å². The Morgan fingerprint density at radius 2 is 1.79 bits per heavy atom. The molecule has 0 radical (unpaired) electrons. The maximum atomic E-state index is 13.1. The van der Waals surface area contributed by atoms with Crippen molar-refractivity contribution in [2.75, 3.05) is 30.9 Å². The van der Waals surface area contributed by atoms with Gasteiger partial charge in [0.1, 0.15) is 12.7 Å². The molecule has 1 amide bonds. The lowest BCUT2D eigenvalue weighted by Gasteiger charge is -2.20. The van der Waals surface area contributed by atoms with Crippen LogP contribution in [0.3, 0.4) is 0 Å². The first kappa shape index (κ1) is 20.1. The molecule has 1 rings (SSSR count). The van der Waals surface area contributed by atoms with Crippen molar-refractivity contribution in [1.82, 2.24) is 0 Å².